The van der Waals surface area contributed by atoms with Crippen LogP contribution in [-0.4, -0.2) is 36.5 Å². The molecule has 1 atom stereocenters. The fourth-order valence-electron chi connectivity index (χ4n) is 1.77. The lowest BCUT2D eigenvalue weighted by Gasteiger charge is -2.31. The second kappa shape index (κ2) is 6.25. The summed E-state index contributed by atoms with van der Waals surface area (Å²) < 4.78 is 1.03. The number of nitrogens with one attached hydrogen (secondary N) is 1. The molecule has 96 valence electrons. The Morgan fingerprint density at radius 3 is 2.82 bits per heavy atom. The summed E-state index contributed by atoms with van der Waals surface area (Å²) in [5.74, 6) is -0.0264. The number of rotatable bonds is 1. The van der Waals surface area contributed by atoms with E-state index in [0.29, 0.717) is 33.4 Å². The molecule has 1 fully saturated rings. The average molecular weight is 316 g/mol. The summed E-state index contributed by atoms with van der Waals surface area (Å²) >= 11 is 13.0. The number of carbonyl (C=O) groups is 1. The molecule has 1 N–H and O–H groups in total. The highest BCUT2D eigenvalue weighted by atomic mass is 35.5. The summed E-state index contributed by atoms with van der Waals surface area (Å²) in [6.07, 6.45) is 0. The van der Waals surface area contributed by atoms with Crippen molar-refractivity contribution >= 4 is 52.9 Å². The Morgan fingerprint density at radius 2 is 2.29 bits per heavy atom. The molecule has 1 aromatic rings. The van der Waals surface area contributed by atoms with Crippen LogP contribution in [0.4, 0.5) is 0 Å². The number of halogens is 3. The Hall–Kier alpha value is -0.000000000000000167. The summed E-state index contributed by atoms with van der Waals surface area (Å²) in [6.45, 7) is 4.31. The van der Waals surface area contributed by atoms with Crippen molar-refractivity contribution in [1.29, 1.82) is 0 Å². The van der Waals surface area contributed by atoms with Gasteiger partial charge in [-0.15, -0.1) is 23.7 Å². The largest absolute Gasteiger partial charge is 0.336 e. The van der Waals surface area contributed by atoms with E-state index in [-0.39, 0.29) is 18.3 Å². The molecule has 2 rings (SSSR count). The van der Waals surface area contributed by atoms with Gasteiger partial charge in [-0.25, -0.2) is 0 Å². The van der Waals surface area contributed by atoms with E-state index in [9.17, 15) is 4.79 Å². The third kappa shape index (κ3) is 3.48. The maximum absolute atomic E-state index is 12.1. The molecule has 1 amide bonds. The third-order valence-electron chi connectivity index (χ3n) is 2.54. The van der Waals surface area contributed by atoms with Crippen molar-refractivity contribution in [3.63, 3.8) is 0 Å². The van der Waals surface area contributed by atoms with Crippen LogP contribution in [0.2, 0.25) is 8.67 Å². The van der Waals surface area contributed by atoms with Gasteiger partial charge < -0.3 is 10.2 Å². The highest BCUT2D eigenvalue weighted by Crippen LogP contribution is 2.32. The molecule has 1 aliphatic heterocycles. The number of nitrogens with zero attached hydrogens (tertiary/aromatic N) is 1. The van der Waals surface area contributed by atoms with Crippen molar-refractivity contribution in [2.24, 2.45) is 0 Å². The zero-order valence-electron chi connectivity index (χ0n) is 9.20. The molecule has 1 unspecified atom stereocenters. The lowest BCUT2D eigenvalue weighted by molar-refractivity contribution is 0.0710. The van der Waals surface area contributed by atoms with Crippen molar-refractivity contribution < 1.29 is 4.79 Å². The van der Waals surface area contributed by atoms with E-state index in [0.717, 1.165) is 6.54 Å². The van der Waals surface area contributed by atoms with Crippen LogP contribution >= 0.6 is 46.9 Å². The summed E-state index contributed by atoms with van der Waals surface area (Å²) in [7, 11) is 0. The quantitative estimate of drug-likeness (QED) is 0.864. The normalized spacial score (nSPS) is 19.9. The Morgan fingerprint density at radius 1 is 1.59 bits per heavy atom. The monoisotopic (exact) mass is 314 g/mol. The van der Waals surface area contributed by atoms with Crippen LogP contribution in [0, 0.1) is 0 Å². The fourth-order valence-corrected chi connectivity index (χ4v) is 3.22. The van der Waals surface area contributed by atoms with E-state index in [1.165, 1.54) is 11.3 Å². The fraction of sp³-hybridized carbons (Fsp3) is 0.500. The molecular formula is C10H13Cl3N2OS. The van der Waals surface area contributed by atoms with Crippen LogP contribution in [0.25, 0.3) is 0 Å². The van der Waals surface area contributed by atoms with Crippen LogP contribution in [-0.2, 0) is 0 Å². The van der Waals surface area contributed by atoms with Gasteiger partial charge in [0.1, 0.15) is 4.34 Å². The van der Waals surface area contributed by atoms with Crippen molar-refractivity contribution in [3.05, 3.63) is 20.3 Å². The second-order valence-electron chi connectivity index (χ2n) is 3.84. The minimum absolute atomic E-state index is 0. The van der Waals surface area contributed by atoms with Gasteiger partial charge in [0, 0.05) is 25.7 Å². The minimum atomic E-state index is -0.0264. The van der Waals surface area contributed by atoms with Gasteiger partial charge in [-0.2, -0.15) is 0 Å². The lowest BCUT2D eigenvalue weighted by Crippen LogP contribution is -2.51. The topological polar surface area (TPSA) is 32.3 Å². The Kier molecular flexibility index (Phi) is 5.54. The predicted octanol–water partition coefficient (Wildman–Crippen LogP) is 2.91. The number of thiophene rings is 1. The molecule has 1 aliphatic rings. The van der Waals surface area contributed by atoms with E-state index < -0.39 is 0 Å². The van der Waals surface area contributed by atoms with Gasteiger partial charge in [0.15, 0.2) is 0 Å². The first-order valence-corrected chi connectivity index (χ1v) is 6.62. The molecule has 7 heteroatoms. The van der Waals surface area contributed by atoms with Crippen molar-refractivity contribution in [2.75, 3.05) is 19.6 Å². The minimum Gasteiger partial charge on any atom is -0.336 e. The van der Waals surface area contributed by atoms with Gasteiger partial charge in [0.05, 0.1) is 9.90 Å². The number of amides is 1. The zero-order valence-corrected chi connectivity index (χ0v) is 12.3. The molecule has 0 radical (unpaired) electrons. The van der Waals surface area contributed by atoms with Crippen LogP contribution < -0.4 is 5.32 Å². The first-order valence-electron chi connectivity index (χ1n) is 5.05. The van der Waals surface area contributed by atoms with Gasteiger partial charge in [-0.05, 0) is 13.0 Å². The van der Waals surface area contributed by atoms with Gasteiger partial charge in [-0.1, -0.05) is 23.2 Å². The van der Waals surface area contributed by atoms with Gasteiger partial charge in [0.2, 0.25) is 0 Å². The number of hydrogen-bond acceptors (Lipinski definition) is 3. The molecule has 2 heterocycles. The van der Waals surface area contributed by atoms with E-state index >= 15 is 0 Å². The molecule has 0 bridgehead atoms. The average Bonchev–Trinajstić information content (AvgIpc) is 2.57. The van der Waals surface area contributed by atoms with Crippen LogP contribution in [0.5, 0.6) is 0 Å². The summed E-state index contributed by atoms with van der Waals surface area (Å²) in [4.78, 5) is 14.0. The number of hydrogen-bond donors (Lipinski definition) is 1. The Bertz CT molecular complexity index is 410. The smallest absolute Gasteiger partial charge is 0.256 e. The highest BCUT2D eigenvalue weighted by Gasteiger charge is 2.24. The Balaban J connectivity index is 0.00000144. The second-order valence-corrected chi connectivity index (χ2v) is 6.13. The molecule has 0 aromatic carbocycles. The van der Waals surface area contributed by atoms with Crippen LogP contribution in [0.3, 0.4) is 0 Å². The maximum Gasteiger partial charge on any atom is 0.256 e. The number of piperazine rings is 1. The van der Waals surface area contributed by atoms with E-state index in [1.807, 2.05) is 4.90 Å². The van der Waals surface area contributed by atoms with Crippen LogP contribution in [0.15, 0.2) is 6.07 Å². The standard InChI is InChI=1S/C10H12Cl2N2OS.ClH/c1-6-5-14(3-2-13-6)10(15)7-4-8(11)16-9(7)12;/h4,6,13H,2-3,5H2,1H3;1H. The number of carbonyl (C=O) groups excluding carboxylic acids is 1. The first kappa shape index (κ1) is 15.1. The van der Waals surface area contributed by atoms with Crippen molar-refractivity contribution in [2.45, 2.75) is 13.0 Å². The molecule has 1 saturated heterocycles. The van der Waals surface area contributed by atoms with E-state index in [4.69, 9.17) is 23.2 Å². The highest BCUT2D eigenvalue weighted by molar-refractivity contribution is 7.20. The zero-order chi connectivity index (χ0) is 11.7. The maximum atomic E-state index is 12.1. The molecule has 0 aliphatic carbocycles. The summed E-state index contributed by atoms with van der Waals surface area (Å²) in [5.41, 5.74) is 0.519. The van der Waals surface area contributed by atoms with E-state index in [2.05, 4.69) is 12.2 Å². The van der Waals surface area contributed by atoms with Crippen LogP contribution in [0.1, 0.15) is 17.3 Å². The SMILES string of the molecule is CC1CN(C(=O)c2cc(Cl)sc2Cl)CCN1.Cl. The third-order valence-corrected chi connectivity index (χ3v) is 4.03. The van der Waals surface area contributed by atoms with Gasteiger partial charge in [-0.3, -0.25) is 4.79 Å². The molecular weight excluding hydrogens is 303 g/mol. The molecule has 0 spiro atoms. The van der Waals surface area contributed by atoms with E-state index in [1.54, 1.807) is 6.07 Å². The summed E-state index contributed by atoms with van der Waals surface area (Å²) in [6, 6.07) is 1.97. The van der Waals surface area contributed by atoms with Crippen molar-refractivity contribution in [1.82, 2.24) is 10.2 Å². The molecule has 1 aromatic heterocycles. The summed E-state index contributed by atoms with van der Waals surface area (Å²) in [5, 5.41) is 3.29. The van der Waals surface area contributed by atoms with Crippen molar-refractivity contribution in [3.8, 4) is 0 Å². The van der Waals surface area contributed by atoms with Gasteiger partial charge >= 0.3 is 0 Å². The Labute approximate surface area is 120 Å². The first-order chi connectivity index (χ1) is 7.58. The van der Waals surface area contributed by atoms with Gasteiger partial charge in [0.25, 0.3) is 5.91 Å². The molecule has 0 saturated carbocycles. The lowest BCUT2D eigenvalue weighted by atomic mass is 10.2. The molecule has 3 nitrogen and oxygen atoms in total. The predicted molar refractivity (Wildman–Crippen MR) is 75.0 cm³/mol. The molecule has 17 heavy (non-hydrogen) atoms.